The Morgan fingerprint density at radius 1 is 1.37 bits per heavy atom. The van der Waals surface area contributed by atoms with Crippen LogP contribution in [-0.2, 0) is 0 Å². The number of nitrogens with zero attached hydrogens (tertiary/aromatic N) is 1. The Bertz CT molecular complexity index is 427. The Morgan fingerprint density at radius 3 is 2.63 bits per heavy atom. The summed E-state index contributed by atoms with van der Waals surface area (Å²) in [6.45, 7) is 7.79. The molecule has 104 valence electrons. The number of carbonyl (C=O) groups excluding carboxylic acids is 1. The highest BCUT2D eigenvalue weighted by molar-refractivity contribution is 9.10. The van der Waals surface area contributed by atoms with Crippen molar-refractivity contribution in [1.82, 2.24) is 4.90 Å². The van der Waals surface area contributed by atoms with Crippen LogP contribution in [0.3, 0.4) is 0 Å². The molecule has 0 spiro atoms. The van der Waals surface area contributed by atoms with Crippen molar-refractivity contribution in [3.63, 3.8) is 0 Å². The van der Waals surface area contributed by atoms with Gasteiger partial charge in [-0.1, -0.05) is 41.9 Å². The third kappa shape index (κ3) is 4.15. The molecule has 0 bridgehead atoms. The van der Waals surface area contributed by atoms with E-state index in [0.29, 0.717) is 6.42 Å². The maximum Gasteiger partial charge on any atom is 0.164 e. The number of rotatable bonds is 5. The molecule has 19 heavy (non-hydrogen) atoms. The number of likely N-dealkylation sites (tertiary alicyclic amines) is 1. The van der Waals surface area contributed by atoms with Crippen molar-refractivity contribution in [2.75, 3.05) is 19.6 Å². The van der Waals surface area contributed by atoms with E-state index < -0.39 is 0 Å². The van der Waals surface area contributed by atoms with Crippen molar-refractivity contribution in [2.45, 2.75) is 26.7 Å². The predicted molar refractivity (Wildman–Crippen MR) is 82.5 cm³/mol. The molecule has 1 atom stereocenters. The maximum absolute atomic E-state index is 12.1. The fourth-order valence-corrected chi connectivity index (χ4v) is 2.91. The zero-order valence-corrected chi connectivity index (χ0v) is 13.3. The molecule has 0 aromatic heterocycles. The van der Waals surface area contributed by atoms with Crippen LogP contribution >= 0.6 is 15.9 Å². The molecule has 1 heterocycles. The molecule has 1 saturated heterocycles. The molecule has 0 N–H and O–H groups in total. The first-order valence-corrected chi connectivity index (χ1v) is 7.86. The summed E-state index contributed by atoms with van der Waals surface area (Å²) < 4.78 is 1.02. The lowest BCUT2D eigenvalue weighted by Gasteiger charge is -2.17. The summed E-state index contributed by atoms with van der Waals surface area (Å²) in [6, 6.07) is 7.65. The van der Waals surface area contributed by atoms with Gasteiger partial charge in [0.1, 0.15) is 0 Å². The Morgan fingerprint density at radius 2 is 2.05 bits per heavy atom. The van der Waals surface area contributed by atoms with Gasteiger partial charge in [-0.2, -0.15) is 0 Å². The van der Waals surface area contributed by atoms with Gasteiger partial charge in [-0.05, 0) is 36.9 Å². The number of hydrogen-bond acceptors (Lipinski definition) is 2. The summed E-state index contributed by atoms with van der Waals surface area (Å²) in [5, 5.41) is 0. The van der Waals surface area contributed by atoms with Gasteiger partial charge in [0.05, 0.1) is 0 Å². The average molecular weight is 324 g/mol. The van der Waals surface area contributed by atoms with Gasteiger partial charge in [-0.3, -0.25) is 4.79 Å². The van der Waals surface area contributed by atoms with Gasteiger partial charge in [0, 0.05) is 29.5 Å². The van der Waals surface area contributed by atoms with E-state index in [1.54, 1.807) is 0 Å². The molecule has 0 aliphatic carbocycles. The Kier molecular flexibility index (Phi) is 5.17. The first kappa shape index (κ1) is 14.7. The van der Waals surface area contributed by atoms with E-state index in [4.69, 9.17) is 0 Å². The fraction of sp³-hybridized carbons (Fsp3) is 0.562. The SMILES string of the molecule is CC(C)C1CCN(CCC(=O)c2ccc(Br)cc2)C1. The van der Waals surface area contributed by atoms with E-state index in [1.807, 2.05) is 24.3 Å². The molecule has 1 aliphatic rings. The summed E-state index contributed by atoms with van der Waals surface area (Å²) >= 11 is 3.39. The van der Waals surface area contributed by atoms with Crippen LogP contribution in [0.25, 0.3) is 0 Å². The van der Waals surface area contributed by atoms with Gasteiger partial charge in [-0.25, -0.2) is 0 Å². The monoisotopic (exact) mass is 323 g/mol. The highest BCUT2D eigenvalue weighted by Crippen LogP contribution is 2.23. The van der Waals surface area contributed by atoms with E-state index in [-0.39, 0.29) is 5.78 Å². The first-order valence-electron chi connectivity index (χ1n) is 7.07. The summed E-state index contributed by atoms with van der Waals surface area (Å²) in [4.78, 5) is 14.5. The minimum Gasteiger partial charge on any atom is -0.303 e. The number of benzene rings is 1. The highest BCUT2D eigenvalue weighted by Gasteiger charge is 2.24. The largest absolute Gasteiger partial charge is 0.303 e. The van der Waals surface area contributed by atoms with Gasteiger partial charge in [0.25, 0.3) is 0 Å². The molecule has 3 heteroatoms. The van der Waals surface area contributed by atoms with Crippen LogP contribution in [0, 0.1) is 11.8 Å². The molecule has 1 fully saturated rings. The molecule has 0 radical (unpaired) electrons. The second-order valence-electron chi connectivity index (χ2n) is 5.77. The normalized spacial score (nSPS) is 20.1. The number of carbonyl (C=O) groups is 1. The van der Waals surface area contributed by atoms with Crippen molar-refractivity contribution in [3.8, 4) is 0 Å². The number of Topliss-reactive ketones (excluding diaryl/α,β-unsaturated/α-hetero) is 1. The van der Waals surface area contributed by atoms with Crippen molar-refractivity contribution >= 4 is 21.7 Å². The topological polar surface area (TPSA) is 20.3 Å². The quantitative estimate of drug-likeness (QED) is 0.763. The zero-order chi connectivity index (χ0) is 13.8. The molecule has 0 amide bonds. The van der Waals surface area contributed by atoms with Crippen LogP contribution in [0.4, 0.5) is 0 Å². The summed E-state index contributed by atoms with van der Waals surface area (Å²) in [6.07, 6.45) is 1.91. The molecule has 0 saturated carbocycles. The number of hydrogen-bond donors (Lipinski definition) is 0. The van der Waals surface area contributed by atoms with Crippen LogP contribution in [-0.4, -0.2) is 30.3 Å². The molecule has 2 nitrogen and oxygen atoms in total. The summed E-state index contributed by atoms with van der Waals surface area (Å²) in [7, 11) is 0. The molecule has 1 aromatic carbocycles. The molecule has 1 aromatic rings. The maximum atomic E-state index is 12.1. The van der Waals surface area contributed by atoms with Crippen molar-refractivity contribution in [3.05, 3.63) is 34.3 Å². The van der Waals surface area contributed by atoms with E-state index in [2.05, 4.69) is 34.7 Å². The smallest absolute Gasteiger partial charge is 0.164 e. The molecular weight excluding hydrogens is 302 g/mol. The van der Waals surface area contributed by atoms with Crippen molar-refractivity contribution in [2.24, 2.45) is 11.8 Å². The minimum atomic E-state index is 0.250. The highest BCUT2D eigenvalue weighted by atomic mass is 79.9. The molecule has 1 unspecified atom stereocenters. The van der Waals surface area contributed by atoms with Crippen LogP contribution in [0.2, 0.25) is 0 Å². The predicted octanol–water partition coefficient (Wildman–Crippen LogP) is 4.00. The third-order valence-electron chi connectivity index (χ3n) is 4.07. The second kappa shape index (κ2) is 6.67. The summed E-state index contributed by atoms with van der Waals surface area (Å²) in [5.74, 6) is 1.82. The average Bonchev–Trinajstić information content (AvgIpc) is 2.86. The lowest BCUT2D eigenvalue weighted by atomic mass is 9.95. The van der Waals surface area contributed by atoms with Crippen LogP contribution in [0.15, 0.2) is 28.7 Å². The lowest BCUT2D eigenvalue weighted by molar-refractivity contribution is 0.0968. The Hall–Kier alpha value is -0.670. The van der Waals surface area contributed by atoms with Gasteiger partial charge < -0.3 is 4.90 Å². The lowest BCUT2D eigenvalue weighted by Crippen LogP contribution is -2.24. The van der Waals surface area contributed by atoms with Crippen molar-refractivity contribution in [1.29, 1.82) is 0 Å². The van der Waals surface area contributed by atoms with Crippen LogP contribution in [0.5, 0.6) is 0 Å². The number of halogens is 1. The van der Waals surface area contributed by atoms with Crippen LogP contribution in [0.1, 0.15) is 37.0 Å². The van der Waals surface area contributed by atoms with E-state index in [9.17, 15) is 4.79 Å². The van der Waals surface area contributed by atoms with Gasteiger partial charge >= 0.3 is 0 Å². The standard InChI is InChI=1S/C16H22BrNO/c1-12(2)14-7-9-18(11-14)10-8-16(19)13-3-5-15(17)6-4-13/h3-6,12,14H,7-11H2,1-2H3. The zero-order valence-electron chi connectivity index (χ0n) is 11.7. The third-order valence-corrected chi connectivity index (χ3v) is 4.60. The van der Waals surface area contributed by atoms with Gasteiger partial charge in [-0.15, -0.1) is 0 Å². The van der Waals surface area contributed by atoms with Gasteiger partial charge in [0.2, 0.25) is 0 Å². The van der Waals surface area contributed by atoms with Crippen LogP contribution < -0.4 is 0 Å². The van der Waals surface area contributed by atoms with Gasteiger partial charge in [0.15, 0.2) is 5.78 Å². The van der Waals surface area contributed by atoms with Crippen molar-refractivity contribution < 1.29 is 4.79 Å². The molecule has 1 aliphatic heterocycles. The molecular formula is C16H22BrNO. The Balaban J connectivity index is 1.80. The van der Waals surface area contributed by atoms with E-state index in [0.717, 1.165) is 41.5 Å². The molecule has 2 rings (SSSR count). The number of ketones is 1. The van der Waals surface area contributed by atoms with E-state index >= 15 is 0 Å². The minimum absolute atomic E-state index is 0.250. The summed E-state index contributed by atoms with van der Waals surface area (Å²) in [5.41, 5.74) is 0.822. The van der Waals surface area contributed by atoms with E-state index in [1.165, 1.54) is 6.42 Å². The fourth-order valence-electron chi connectivity index (χ4n) is 2.65. The Labute approximate surface area is 124 Å². The second-order valence-corrected chi connectivity index (χ2v) is 6.69. The first-order chi connectivity index (χ1) is 9.06.